The first-order valence-corrected chi connectivity index (χ1v) is 10.0. The Labute approximate surface area is 154 Å². The van der Waals surface area contributed by atoms with Crippen molar-refractivity contribution < 1.29 is 5.11 Å². The van der Waals surface area contributed by atoms with E-state index in [-0.39, 0.29) is 6.61 Å². The van der Waals surface area contributed by atoms with E-state index in [4.69, 9.17) is 10.1 Å². The summed E-state index contributed by atoms with van der Waals surface area (Å²) >= 11 is 1.61. The van der Waals surface area contributed by atoms with E-state index in [1.165, 1.54) is 12.8 Å². The number of thiazole rings is 1. The summed E-state index contributed by atoms with van der Waals surface area (Å²) in [6.07, 6.45) is 4.33. The molecule has 3 heterocycles. The molecule has 5 nitrogen and oxygen atoms in total. The van der Waals surface area contributed by atoms with Crippen molar-refractivity contribution in [2.75, 3.05) is 25.0 Å². The van der Waals surface area contributed by atoms with Crippen LogP contribution in [0.25, 0.3) is 0 Å². The molecule has 1 saturated heterocycles. The van der Waals surface area contributed by atoms with Gasteiger partial charge in [-0.3, -0.25) is 0 Å². The number of aryl methyl sites for hydroxylation is 1. The standard InChI is InChI=1S/C19H28N4OS/c1-14-13-25-19(20-14)22-18-5-3-4-17(21-18)12-16-6-9-23(10-7-16)15(2)8-11-24/h3-5,13,15-16,24H,6-12H2,1-2H3,(H,20,21,22). The minimum Gasteiger partial charge on any atom is -0.396 e. The molecule has 1 fully saturated rings. The van der Waals surface area contributed by atoms with Crippen LogP contribution in [0.5, 0.6) is 0 Å². The molecular formula is C19H28N4OS. The number of aromatic nitrogens is 2. The number of hydrogen-bond donors (Lipinski definition) is 2. The third-order valence-electron chi connectivity index (χ3n) is 4.98. The SMILES string of the molecule is Cc1csc(Nc2cccc(CC3CCN(C(C)CCO)CC3)n2)n1. The first-order chi connectivity index (χ1) is 12.1. The van der Waals surface area contributed by atoms with Crippen molar-refractivity contribution in [3.8, 4) is 0 Å². The highest BCUT2D eigenvalue weighted by Crippen LogP contribution is 2.24. The molecule has 3 rings (SSSR count). The van der Waals surface area contributed by atoms with E-state index < -0.39 is 0 Å². The second kappa shape index (κ2) is 8.74. The maximum absolute atomic E-state index is 9.10. The Morgan fingerprint density at radius 1 is 1.32 bits per heavy atom. The van der Waals surface area contributed by atoms with Gasteiger partial charge in [0.25, 0.3) is 0 Å². The Morgan fingerprint density at radius 3 is 2.80 bits per heavy atom. The van der Waals surface area contributed by atoms with Gasteiger partial charge in [-0.25, -0.2) is 9.97 Å². The highest BCUT2D eigenvalue weighted by molar-refractivity contribution is 7.13. The van der Waals surface area contributed by atoms with Crippen LogP contribution in [0.15, 0.2) is 23.6 Å². The van der Waals surface area contributed by atoms with Gasteiger partial charge in [-0.2, -0.15) is 0 Å². The molecule has 0 bridgehead atoms. The summed E-state index contributed by atoms with van der Waals surface area (Å²) < 4.78 is 0. The molecule has 1 unspecified atom stereocenters. The molecule has 0 radical (unpaired) electrons. The molecule has 2 N–H and O–H groups in total. The molecule has 1 aliphatic heterocycles. The highest BCUT2D eigenvalue weighted by Gasteiger charge is 2.22. The van der Waals surface area contributed by atoms with Crippen molar-refractivity contribution in [1.29, 1.82) is 0 Å². The van der Waals surface area contributed by atoms with E-state index in [0.717, 1.165) is 48.3 Å². The normalized spacial score (nSPS) is 17.6. The van der Waals surface area contributed by atoms with Gasteiger partial charge in [0.15, 0.2) is 5.13 Å². The highest BCUT2D eigenvalue weighted by atomic mass is 32.1. The molecule has 25 heavy (non-hydrogen) atoms. The lowest BCUT2D eigenvalue weighted by molar-refractivity contribution is 0.119. The molecule has 2 aromatic heterocycles. The number of aliphatic hydroxyl groups is 1. The first-order valence-electron chi connectivity index (χ1n) is 9.14. The second-order valence-electron chi connectivity index (χ2n) is 6.98. The summed E-state index contributed by atoms with van der Waals surface area (Å²) in [7, 11) is 0. The van der Waals surface area contributed by atoms with Gasteiger partial charge in [0.2, 0.25) is 0 Å². The van der Waals surface area contributed by atoms with Gasteiger partial charge in [-0.1, -0.05) is 6.07 Å². The van der Waals surface area contributed by atoms with Crippen LogP contribution >= 0.6 is 11.3 Å². The fourth-order valence-corrected chi connectivity index (χ4v) is 4.14. The number of likely N-dealkylation sites (tertiary alicyclic amines) is 1. The predicted molar refractivity (Wildman–Crippen MR) is 104 cm³/mol. The van der Waals surface area contributed by atoms with Gasteiger partial charge in [-0.05, 0) is 70.7 Å². The van der Waals surface area contributed by atoms with Crippen LogP contribution < -0.4 is 5.32 Å². The van der Waals surface area contributed by atoms with Crippen molar-refractivity contribution >= 4 is 22.3 Å². The third kappa shape index (κ3) is 5.23. The number of nitrogens with zero attached hydrogens (tertiary/aromatic N) is 3. The van der Waals surface area contributed by atoms with E-state index in [1.807, 2.05) is 18.4 Å². The molecule has 0 spiro atoms. The number of rotatable bonds is 7. The number of nitrogens with one attached hydrogen (secondary N) is 1. The average Bonchev–Trinajstić information content (AvgIpc) is 3.01. The van der Waals surface area contributed by atoms with Crippen LogP contribution in [0, 0.1) is 12.8 Å². The Bertz CT molecular complexity index is 667. The fourth-order valence-electron chi connectivity index (χ4n) is 3.45. The maximum Gasteiger partial charge on any atom is 0.188 e. The van der Waals surface area contributed by atoms with Gasteiger partial charge < -0.3 is 15.3 Å². The monoisotopic (exact) mass is 360 g/mol. The molecule has 6 heteroatoms. The van der Waals surface area contributed by atoms with E-state index in [1.54, 1.807) is 11.3 Å². The van der Waals surface area contributed by atoms with Crippen LogP contribution in [0.3, 0.4) is 0 Å². The quantitative estimate of drug-likeness (QED) is 0.790. The number of pyridine rings is 1. The lowest BCUT2D eigenvalue weighted by atomic mass is 9.91. The average molecular weight is 361 g/mol. The minimum absolute atomic E-state index is 0.281. The van der Waals surface area contributed by atoms with Crippen molar-refractivity contribution in [3.05, 3.63) is 35.0 Å². The molecule has 0 amide bonds. The van der Waals surface area contributed by atoms with Crippen LogP contribution in [-0.2, 0) is 6.42 Å². The van der Waals surface area contributed by atoms with E-state index in [0.29, 0.717) is 12.0 Å². The van der Waals surface area contributed by atoms with Crippen molar-refractivity contribution in [1.82, 2.24) is 14.9 Å². The van der Waals surface area contributed by atoms with Gasteiger partial charge in [0, 0.05) is 23.7 Å². The molecule has 1 atom stereocenters. The summed E-state index contributed by atoms with van der Waals surface area (Å²) in [6.45, 7) is 6.75. The molecule has 0 aliphatic carbocycles. The maximum atomic E-state index is 9.10. The van der Waals surface area contributed by atoms with Crippen LogP contribution in [0.2, 0.25) is 0 Å². The van der Waals surface area contributed by atoms with Crippen molar-refractivity contribution in [2.45, 2.75) is 45.6 Å². The Balaban J connectivity index is 1.53. The lowest BCUT2D eigenvalue weighted by Gasteiger charge is -2.35. The van der Waals surface area contributed by atoms with Gasteiger partial charge >= 0.3 is 0 Å². The molecule has 2 aromatic rings. The molecule has 0 saturated carbocycles. The number of anilines is 2. The van der Waals surface area contributed by atoms with Crippen LogP contribution in [0.4, 0.5) is 10.9 Å². The second-order valence-corrected chi connectivity index (χ2v) is 7.84. The smallest absolute Gasteiger partial charge is 0.188 e. The summed E-state index contributed by atoms with van der Waals surface area (Å²) in [5, 5.41) is 15.3. The molecule has 1 aliphatic rings. The molecule has 136 valence electrons. The third-order valence-corrected chi connectivity index (χ3v) is 5.85. The minimum atomic E-state index is 0.281. The largest absolute Gasteiger partial charge is 0.396 e. The van der Waals surface area contributed by atoms with Gasteiger partial charge in [0.1, 0.15) is 5.82 Å². The van der Waals surface area contributed by atoms with E-state index in [9.17, 15) is 0 Å². The van der Waals surface area contributed by atoms with Gasteiger partial charge in [-0.15, -0.1) is 11.3 Å². The summed E-state index contributed by atoms with van der Waals surface area (Å²) in [5.74, 6) is 1.57. The molecular weight excluding hydrogens is 332 g/mol. The number of hydrogen-bond acceptors (Lipinski definition) is 6. The Kier molecular flexibility index (Phi) is 6.39. The van der Waals surface area contributed by atoms with E-state index >= 15 is 0 Å². The molecule has 0 aromatic carbocycles. The zero-order chi connectivity index (χ0) is 17.6. The number of aliphatic hydroxyl groups excluding tert-OH is 1. The zero-order valence-electron chi connectivity index (χ0n) is 15.1. The van der Waals surface area contributed by atoms with Gasteiger partial charge in [0.05, 0.1) is 5.69 Å². The topological polar surface area (TPSA) is 61.3 Å². The predicted octanol–water partition coefficient (Wildman–Crippen LogP) is 3.62. The van der Waals surface area contributed by atoms with Crippen molar-refractivity contribution in [3.63, 3.8) is 0 Å². The zero-order valence-corrected chi connectivity index (χ0v) is 15.9. The van der Waals surface area contributed by atoms with Crippen LogP contribution in [-0.4, -0.2) is 45.7 Å². The number of piperidine rings is 1. The van der Waals surface area contributed by atoms with Crippen molar-refractivity contribution in [2.24, 2.45) is 5.92 Å². The summed E-state index contributed by atoms with van der Waals surface area (Å²) in [4.78, 5) is 11.7. The van der Waals surface area contributed by atoms with Crippen LogP contribution in [0.1, 0.15) is 37.6 Å². The first kappa shape index (κ1) is 18.3. The fraction of sp³-hybridized carbons (Fsp3) is 0.579. The Morgan fingerprint density at radius 2 is 2.12 bits per heavy atom. The Hall–Kier alpha value is -1.50. The lowest BCUT2D eigenvalue weighted by Crippen LogP contribution is -2.40. The summed E-state index contributed by atoms with van der Waals surface area (Å²) in [5.41, 5.74) is 2.19. The summed E-state index contributed by atoms with van der Waals surface area (Å²) in [6, 6.07) is 6.68. The van der Waals surface area contributed by atoms with E-state index in [2.05, 4.69) is 34.3 Å².